The molecule has 86 valence electrons. The van der Waals surface area contributed by atoms with Gasteiger partial charge in [-0.25, -0.2) is 0 Å². The summed E-state index contributed by atoms with van der Waals surface area (Å²) in [5.74, 6) is -0.143. The van der Waals surface area contributed by atoms with Crippen LogP contribution in [-0.4, -0.2) is 19.6 Å². The molecule has 0 heterocycles. The Balaban J connectivity index is 2.66. The van der Waals surface area contributed by atoms with Crippen LogP contribution in [0, 0.1) is 0 Å². The van der Waals surface area contributed by atoms with Gasteiger partial charge in [-0.05, 0) is 31.2 Å². The van der Waals surface area contributed by atoms with E-state index in [9.17, 15) is 4.79 Å². The van der Waals surface area contributed by atoms with E-state index in [4.69, 9.17) is 16.3 Å². The molecular weight excluding hydrogens is 226 g/mol. The van der Waals surface area contributed by atoms with Gasteiger partial charge in [0.05, 0.1) is 12.9 Å². The fourth-order valence-electron chi connectivity index (χ4n) is 1.11. The average Bonchev–Trinajstić information content (AvgIpc) is 2.29. The summed E-state index contributed by atoms with van der Waals surface area (Å²) in [7, 11) is 1.70. The van der Waals surface area contributed by atoms with E-state index >= 15 is 0 Å². The highest BCUT2D eigenvalue weighted by Crippen LogP contribution is 2.16. The molecule has 0 radical (unpaired) electrons. The Hall–Kier alpha value is -1.48. The van der Waals surface area contributed by atoms with Crippen molar-refractivity contribution >= 4 is 23.2 Å². The van der Waals surface area contributed by atoms with E-state index in [1.165, 1.54) is 17.2 Å². The van der Waals surface area contributed by atoms with Gasteiger partial charge in [-0.1, -0.05) is 11.6 Å². The summed E-state index contributed by atoms with van der Waals surface area (Å²) in [6.07, 6.45) is 2.78. The van der Waals surface area contributed by atoms with Gasteiger partial charge in [0.1, 0.15) is 0 Å². The van der Waals surface area contributed by atoms with E-state index in [0.717, 1.165) is 5.69 Å². The van der Waals surface area contributed by atoms with Crippen LogP contribution in [0.1, 0.15) is 6.92 Å². The third-order valence-electron chi connectivity index (χ3n) is 2.02. The summed E-state index contributed by atoms with van der Waals surface area (Å²) in [6.45, 7) is 2.41. The highest BCUT2D eigenvalue weighted by atomic mass is 35.5. The number of halogens is 1. The Morgan fingerprint density at radius 2 is 2.06 bits per heavy atom. The van der Waals surface area contributed by atoms with E-state index in [2.05, 4.69) is 0 Å². The molecular formula is C12H14ClNO2. The van der Waals surface area contributed by atoms with Crippen molar-refractivity contribution < 1.29 is 9.53 Å². The van der Waals surface area contributed by atoms with Crippen molar-refractivity contribution in [2.24, 2.45) is 0 Å². The predicted octanol–water partition coefficient (Wildman–Crippen LogP) is 2.85. The lowest BCUT2D eigenvalue weighted by Crippen LogP contribution is -2.23. The van der Waals surface area contributed by atoms with Gasteiger partial charge >= 0.3 is 0 Å². The van der Waals surface area contributed by atoms with E-state index in [0.29, 0.717) is 11.6 Å². The van der Waals surface area contributed by atoms with E-state index < -0.39 is 0 Å². The van der Waals surface area contributed by atoms with Crippen LogP contribution in [0.15, 0.2) is 36.6 Å². The lowest BCUT2D eigenvalue weighted by Gasteiger charge is -2.14. The molecule has 3 nitrogen and oxygen atoms in total. The molecule has 0 aliphatic heterocycles. The third kappa shape index (κ3) is 3.59. The number of anilines is 1. The number of likely N-dealkylation sites (N-methyl/N-ethyl adjacent to an activating group) is 1. The maximum Gasteiger partial charge on any atom is 0.253 e. The highest BCUT2D eigenvalue weighted by Gasteiger charge is 2.06. The van der Waals surface area contributed by atoms with Gasteiger partial charge in [0, 0.05) is 23.8 Å². The second kappa shape index (κ2) is 6.18. The van der Waals surface area contributed by atoms with Crippen molar-refractivity contribution in [3.8, 4) is 0 Å². The lowest BCUT2D eigenvalue weighted by atomic mass is 10.3. The smallest absolute Gasteiger partial charge is 0.253 e. The molecule has 1 amide bonds. The van der Waals surface area contributed by atoms with Gasteiger partial charge in [-0.15, -0.1) is 0 Å². The van der Waals surface area contributed by atoms with Crippen LogP contribution in [0.2, 0.25) is 5.02 Å². The first-order chi connectivity index (χ1) is 7.65. The average molecular weight is 240 g/mol. The second-order valence-corrected chi connectivity index (χ2v) is 3.57. The topological polar surface area (TPSA) is 29.5 Å². The normalized spacial score (nSPS) is 10.4. The zero-order chi connectivity index (χ0) is 12.0. The van der Waals surface area contributed by atoms with Crippen molar-refractivity contribution in [3.63, 3.8) is 0 Å². The van der Waals surface area contributed by atoms with Crippen LogP contribution in [-0.2, 0) is 9.53 Å². The molecule has 0 bridgehead atoms. The van der Waals surface area contributed by atoms with Gasteiger partial charge < -0.3 is 9.64 Å². The largest absolute Gasteiger partial charge is 0.501 e. The minimum absolute atomic E-state index is 0.143. The van der Waals surface area contributed by atoms with Crippen LogP contribution in [0.3, 0.4) is 0 Å². The molecule has 0 aliphatic rings. The Bertz CT molecular complexity index is 373. The van der Waals surface area contributed by atoms with Crippen LogP contribution in [0.4, 0.5) is 5.69 Å². The van der Waals surface area contributed by atoms with Crippen molar-refractivity contribution in [2.75, 3.05) is 18.6 Å². The van der Waals surface area contributed by atoms with Crippen molar-refractivity contribution in [2.45, 2.75) is 6.92 Å². The van der Waals surface area contributed by atoms with Gasteiger partial charge in [-0.3, -0.25) is 4.79 Å². The molecule has 1 aromatic carbocycles. The number of benzene rings is 1. The molecule has 0 saturated heterocycles. The molecule has 0 aliphatic carbocycles. The maximum absolute atomic E-state index is 11.6. The van der Waals surface area contributed by atoms with Gasteiger partial charge in [-0.2, -0.15) is 0 Å². The number of hydrogen-bond donors (Lipinski definition) is 0. The molecule has 0 unspecified atom stereocenters. The zero-order valence-corrected chi connectivity index (χ0v) is 10.1. The first-order valence-electron chi connectivity index (χ1n) is 4.96. The fourth-order valence-corrected chi connectivity index (χ4v) is 1.23. The number of rotatable bonds is 4. The number of ether oxygens (including phenoxy) is 1. The van der Waals surface area contributed by atoms with Crippen LogP contribution >= 0.6 is 11.6 Å². The molecule has 0 spiro atoms. The fraction of sp³-hybridized carbons (Fsp3) is 0.250. The third-order valence-corrected chi connectivity index (χ3v) is 2.27. The van der Waals surface area contributed by atoms with E-state index in [-0.39, 0.29) is 5.91 Å². The Morgan fingerprint density at radius 1 is 1.44 bits per heavy atom. The number of carbonyl (C=O) groups excluding carboxylic acids is 1. The molecule has 16 heavy (non-hydrogen) atoms. The molecule has 1 aromatic rings. The second-order valence-electron chi connectivity index (χ2n) is 3.13. The van der Waals surface area contributed by atoms with Crippen molar-refractivity contribution in [1.82, 2.24) is 0 Å². The number of amides is 1. The van der Waals surface area contributed by atoms with E-state index in [1.807, 2.05) is 6.92 Å². The Labute approximate surface area is 100 Å². The summed E-state index contributed by atoms with van der Waals surface area (Å²) >= 11 is 5.76. The number of nitrogens with zero attached hydrogens (tertiary/aromatic N) is 1. The minimum atomic E-state index is -0.143. The van der Waals surface area contributed by atoms with Crippen molar-refractivity contribution in [1.29, 1.82) is 0 Å². The zero-order valence-electron chi connectivity index (χ0n) is 9.31. The van der Waals surface area contributed by atoms with E-state index in [1.54, 1.807) is 31.3 Å². The highest BCUT2D eigenvalue weighted by molar-refractivity contribution is 6.30. The summed E-state index contributed by atoms with van der Waals surface area (Å²) in [5.41, 5.74) is 0.788. The summed E-state index contributed by atoms with van der Waals surface area (Å²) < 4.78 is 4.96. The summed E-state index contributed by atoms with van der Waals surface area (Å²) in [6, 6.07) is 7.06. The molecule has 0 atom stereocenters. The van der Waals surface area contributed by atoms with Crippen LogP contribution in [0.5, 0.6) is 0 Å². The first-order valence-corrected chi connectivity index (χ1v) is 5.34. The molecule has 4 heteroatoms. The minimum Gasteiger partial charge on any atom is -0.501 e. The number of carbonyl (C=O) groups is 1. The Kier molecular flexibility index (Phi) is 4.86. The molecule has 1 rings (SSSR count). The van der Waals surface area contributed by atoms with Gasteiger partial charge in [0.15, 0.2) is 0 Å². The first kappa shape index (κ1) is 12.6. The summed E-state index contributed by atoms with van der Waals surface area (Å²) in [5, 5.41) is 0.648. The molecule has 0 fully saturated rings. The van der Waals surface area contributed by atoms with Crippen LogP contribution < -0.4 is 4.90 Å². The Morgan fingerprint density at radius 3 is 2.62 bits per heavy atom. The lowest BCUT2D eigenvalue weighted by molar-refractivity contribution is -0.114. The molecule has 0 saturated carbocycles. The SMILES string of the molecule is CCO/C=C/C(=O)N(C)c1ccc(Cl)cc1. The monoisotopic (exact) mass is 239 g/mol. The summed E-state index contributed by atoms with van der Waals surface area (Å²) in [4.78, 5) is 13.1. The molecule has 0 aromatic heterocycles. The molecule has 0 N–H and O–H groups in total. The van der Waals surface area contributed by atoms with Gasteiger partial charge in [0.25, 0.3) is 5.91 Å². The predicted molar refractivity (Wildman–Crippen MR) is 65.6 cm³/mol. The van der Waals surface area contributed by atoms with Crippen molar-refractivity contribution in [3.05, 3.63) is 41.6 Å². The quantitative estimate of drug-likeness (QED) is 0.597. The number of hydrogen-bond acceptors (Lipinski definition) is 2. The van der Waals surface area contributed by atoms with Crippen LogP contribution in [0.25, 0.3) is 0 Å². The van der Waals surface area contributed by atoms with Gasteiger partial charge in [0.2, 0.25) is 0 Å². The standard InChI is InChI=1S/C12H14ClNO2/c1-3-16-9-8-12(15)14(2)11-6-4-10(13)5-7-11/h4-9H,3H2,1-2H3/b9-8+. The maximum atomic E-state index is 11.6.